The number of halogens is 1. The van der Waals surface area contributed by atoms with Gasteiger partial charge in [-0.1, -0.05) is 35.9 Å². The van der Waals surface area contributed by atoms with Crippen molar-refractivity contribution in [3.8, 4) is 5.75 Å². The summed E-state index contributed by atoms with van der Waals surface area (Å²) in [7, 11) is 0. The van der Waals surface area contributed by atoms with Gasteiger partial charge in [-0.15, -0.1) is 0 Å². The lowest BCUT2D eigenvalue weighted by atomic mass is 9.71. The zero-order valence-electron chi connectivity index (χ0n) is 10.6. The highest BCUT2D eigenvalue weighted by Gasteiger charge is 2.38. The monoisotopic (exact) mass is 273 g/mol. The van der Waals surface area contributed by atoms with Gasteiger partial charge in [-0.2, -0.15) is 0 Å². The summed E-state index contributed by atoms with van der Waals surface area (Å²) in [5, 5.41) is 13.5. The van der Waals surface area contributed by atoms with Gasteiger partial charge in [-0.05, 0) is 41.8 Å². The van der Waals surface area contributed by atoms with Crippen molar-refractivity contribution in [2.75, 3.05) is 13.1 Å². The summed E-state index contributed by atoms with van der Waals surface area (Å²) in [6, 6.07) is 15.6. The van der Waals surface area contributed by atoms with E-state index in [9.17, 15) is 5.11 Å². The molecule has 0 bridgehead atoms. The fourth-order valence-corrected chi connectivity index (χ4v) is 2.87. The lowest BCUT2D eigenvalue weighted by molar-refractivity contribution is 0.274. The molecule has 0 aromatic heterocycles. The van der Waals surface area contributed by atoms with Crippen LogP contribution in [0.3, 0.4) is 0 Å². The molecule has 3 heteroatoms. The zero-order chi connectivity index (χ0) is 13.3. The van der Waals surface area contributed by atoms with Crippen LogP contribution in [0.15, 0.2) is 48.5 Å². The fourth-order valence-electron chi connectivity index (χ4n) is 2.68. The molecule has 2 aromatic carbocycles. The van der Waals surface area contributed by atoms with Crippen molar-refractivity contribution < 1.29 is 5.11 Å². The van der Waals surface area contributed by atoms with E-state index >= 15 is 0 Å². The predicted octanol–water partition coefficient (Wildman–Crippen LogP) is 3.13. The average Bonchev–Trinajstić information content (AvgIpc) is 2.36. The zero-order valence-corrected chi connectivity index (χ0v) is 11.3. The summed E-state index contributed by atoms with van der Waals surface area (Å²) in [5.74, 6) is 0.312. The minimum absolute atomic E-state index is 0.127. The molecule has 1 heterocycles. The first-order chi connectivity index (χ1) is 9.18. The van der Waals surface area contributed by atoms with Gasteiger partial charge in [0.2, 0.25) is 0 Å². The van der Waals surface area contributed by atoms with Gasteiger partial charge in [-0.25, -0.2) is 0 Å². The summed E-state index contributed by atoms with van der Waals surface area (Å²) in [6.45, 7) is 1.93. The molecular formula is C16H16ClNO. The molecule has 0 atom stereocenters. The second-order valence-corrected chi connectivity index (χ2v) is 5.67. The van der Waals surface area contributed by atoms with Crippen molar-refractivity contribution in [2.45, 2.75) is 11.8 Å². The van der Waals surface area contributed by atoms with Crippen LogP contribution in [-0.2, 0) is 11.8 Å². The Bertz CT molecular complexity index is 576. The van der Waals surface area contributed by atoms with E-state index in [0.717, 1.165) is 24.5 Å². The number of benzene rings is 2. The number of hydrogen-bond acceptors (Lipinski definition) is 2. The van der Waals surface area contributed by atoms with Crippen LogP contribution in [-0.4, -0.2) is 18.2 Å². The fraction of sp³-hybridized carbons (Fsp3) is 0.250. The van der Waals surface area contributed by atoms with Crippen LogP contribution in [0.2, 0.25) is 5.02 Å². The third-order valence-corrected chi connectivity index (χ3v) is 4.08. The van der Waals surface area contributed by atoms with Crippen LogP contribution < -0.4 is 5.32 Å². The Morgan fingerprint density at radius 3 is 2.42 bits per heavy atom. The summed E-state index contributed by atoms with van der Waals surface area (Å²) in [5.41, 5.74) is 2.65. The highest BCUT2D eigenvalue weighted by atomic mass is 35.5. The van der Waals surface area contributed by atoms with Crippen molar-refractivity contribution in [1.82, 2.24) is 5.32 Å². The molecule has 0 saturated carbocycles. The topological polar surface area (TPSA) is 32.3 Å². The van der Waals surface area contributed by atoms with E-state index in [2.05, 4.69) is 17.4 Å². The Balaban J connectivity index is 1.89. The van der Waals surface area contributed by atoms with E-state index in [1.165, 1.54) is 11.1 Å². The molecule has 0 amide bonds. The summed E-state index contributed by atoms with van der Waals surface area (Å²) in [4.78, 5) is 0. The van der Waals surface area contributed by atoms with Gasteiger partial charge in [0, 0.05) is 23.5 Å². The molecule has 0 unspecified atom stereocenters. The van der Waals surface area contributed by atoms with Crippen LogP contribution in [0.25, 0.3) is 0 Å². The molecule has 2 aromatic rings. The molecule has 19 heavy (non-hydrogen) atoms. The van der Waals surface area contributed by atoms with Crippen molar-refractivity contribution in [1.29, 1.82) is 0 Å². The average molecular weight is 274 g/mol. The maximum atomic E-state index is 9.35. The van der Waals surface area contributed by atoms with Gasteiger partial charge in [0.05, 0.1) is 0 Å². The Hall–Kier alpha value is -1.51. The molecule has 2 N–H and O–H groups in total. The quantitative estimate of drug-likeness (QED) is 0.901. The van der Waals surface area contributed by atoms with Crippen molar-refractivity contribution in [3.63, 3.8) is 0 Å². The molecule has 1 saturated heterocycles. The van der Waals surface area contributed by atoms with Gasteiger partial charge in [0.1, 0.15) is 5.75 Å². The van der Waals surface area contributed by atoms with Crippen molar-refractivity contribution >= 4 is 11.6 Å². The molecule has 3 rings (SSSR count). The van der Waals surface area contributed by atoms with Crippen LogP contribution in [0.5, 0.6) is 5.75 Å². The highest BCUT2D eigenvalue weighted by molar-refractivity contribution is 6.30. The molecular weight excluding hydrogens is 258 g/mol. The lowest BCUT2D eigenvalue weighted by Gasteiger charge is -2.43. The van der Waals surface area contributed by atoms with Gasteiger partial charge in [-0.3, -0.25) is 0 Å². The standard InChI is InChI=1S/C16H16ClNO/c17-14-3-1-2-13(8-14)16(10-18-11-16)9-12-4-6-15(19)7-5-12/h1-8,18-19H,9-11H2. The molecule has 0 spiro atoms. The molecule has 2 nitrogen and oxygen atoms in total. The second kappa shape index (κ2) is 4.87. The largest absolute Gasteiger partial charge is 0.508 e. The van der Waals surface area contributed by atoms with Crippen LogP contribution >= 0.6 is 11.6 Å². The molecule has 1 aliphatic heterocycles. The minimum atomic E-state index is 0.127. The van der Waals surface area contributed by atoms with Gasteiger partial charge in [0.15, 0.2) is 0 Å². The van der Waals surface area contributed by atoms with E-state index in [-0.39, 0.29) is 5.41 Å². The SMILES string of the molecule is Oc1ccc(CC2(c3cccc(Cl)c3)CNC2)cc1. The van der Waals surface area contributed by atoms with Crippen molar-refractivity contribution in [2.24, 2.45) is 0 Å². The summed E-state index contributed by atoms with van der Waals surface area (Å²) >= 11 is 6.10. The molecule has 1 fully saturated rings. The van der Waals surface area contributed by atoms with E-state index in [1.807, 2.05) is 24.3 Å². The highest BCUT2D eigenvalue weighted by Crippen LogP contribution is 2.34. The number of hydrogen-bond donors (Lipinski definition) is 2. The first-order valence-electron chi connectivity index (χ1n) is 6.43. The molecule has 0 radical (unpaired) electrons. The van der Waals surface area contributed by atoms with Gasteiger partial charge in [0.25, 0.3) is 0 Å². The van der Waals surface area contributed by atoms with Crippen LogP contribution in [0.1, 0.15) is 11.1 Å². The number of aromatic hydroxyl groups is 1. The first kappa shape index (κ1) is 12.5. The van der Waals surface area contributed by atoms with Crippen LogP contribution in [0, 0.1) is 0 Å². The summed E-state index contributed by atoms with van der Waals surface area (Å²) in [6.07, 6.45) is 0.959. The van der Waals surface area contributed by atoms with E-state index in [1.54, 1.807) is 12.1 Å². The Kier molecular flexibility index (Phi) is 3.21. The second-order valence-electron chi connectivity index (χ2n) is 5.24. The Morgan fingerprint density at radius 1 is 1.11 bits per heavy atom. The van der Waals surface area contributed by atoms with E-state index in [0.29, 0.717) is 5.75 Å². The predicted molar refractivity (Wildman–Crippen MR) is 77.8 cm³/mol. The van der Waals surface area contributed by atoms with Gasteiger partial charge < -0.3 is 10.4 Å². The molecule has 1 aliphatic rings. The number of rotatable bonds is 3. The number of nitrogens with one attached hydrogen (secondary N) is 1. The normalized spacial score (nSPS) is 16.9. The Morgan fingerprint density at radius 2 is 1.84 bits per heavy atom. The minimum Gasteiger partial charge on any atom is -0.508 e. The maximum absolute atomic E-state index is 9.35. The molecule has 98 valence electrons. The van der Waals surface area contributed by atoms with Gasteiger partial charge >= 0.3 is 0 Å². The van der Waals surface area contributed by atoms with E-state index in [4.69, 9.17) is 11.6 Å². The number of phenolic OH excluding ortho intramolecular Hbond substituents is 1. The Labute approximate surface area is 118 Å². The number of phenols is 1. The smallest absolute Gasteiger partial charge is 0.115 e. The maximum Gasteiger partial charge on any atom is 0.115 e. The summed E-state index contributed by atoms with van der Waals surface area (Å²) < 4.78 is 0. The third kappa shape index (κ3) is 2.46. The molecule has 0 aliphatic carbocycles. The van der Waals surface area contributed by atoms with Crippen LogP contribution in [0.4, 0.5) is 0 Å². The first-order valence-corrected chi connectivity index (χ1v) is 6.80. The third-order valence-electron chi connectivity index (χ3n) is 3.84. The lowest BCUT2D eigenvalue weighted by Crippen LogP contribution is -2.58. The van der Waals surface area contributed by atoms with Crippen molar-refractivity contribution in [3.05, 3.63) is 64.7 Å². The van der Waals surface area contributed by atoms with E-state index < -0.39 is 0 Å².